The lowest BCUT2D eigenvalue weighted by atomic mass is 10.2. The molecule has 0 aliphatic heterocycles. The van der Waals surface area contributed by atoms with Crippen molar-refractivity contribution in [1.82, 2.24) is 10.2 Å². The van der Waals surface area contributed by atoms with Crippen molar-refractivity contribution in [1.29, 1.82) is 0 Å². The Bertz CT molecular complexity index is 883. The Balaban J connectivity index is 1.58. The monoisotopic (exact) mass is 373 g/mol. The molecule has 1 heterocycles. The van der Waals surface area contributed by atoms with Gasteiger partial charge in [-0.05, 0) is 49.4 Å². The number of amides is 1. The zero-order valence-corrected chi connectivity index (χ0v) is 14.8. The van der Waals surface area contributed by atoms with Crippen LogP contribution >= 0.6 is 11.3 Å². The predicted octanol–water partition coefficient (Wildman–Crippen LogP) is 3.91. The number of nitrogens with zero attached hydrogens (tertiary/aromatic N) is 2. The number of aromatic nitrogens is 2. The molecule has 0 saturated heterocycles. The third-order valence-electron chi connectivity index (χ3n) is 3.27. The summed E-state index contributed by atoms with van der Waals surface area (Å²) in [5, 5.41) is 11.6. The van der Waals surface area contributed by atoms with Crippen molar-refractivity contribution in [2.75, 3.05) is 11.9 Å². The number of benzene rings is 2. The number of anilines is 1. The lowest BCUT2D eigenvalue weighted by Gasteiger charge is -2.05. The molecule has 0 radical (unpaired) electrons. The van der Waals surface area contributed by atoms with E-state index in [2.05, 4.69) is 15.5 Å². The summed E-state index contributed by atoms with van der Waals surface area (Å²) in [6.45, 7) is 2.58. The van der Waals surface area contributed by atoms with Gasteiger partial charge in [-0.3, -0.25) is 10.1 Å². The van der Waals surface area contributed by atoms with Gasteiger partial charge in [0.05, 0.1) is 6.61 Å². The minimum absolute atomic E-state index is 0.180. The van der Waals surface area contributed by atoms with Crippen LogP contribution in [-0.2, 0) is 6.61 Å². The average Bonchev–Trinajstić information content (AvgIpc) is 3.09. The Labute approximate surface area is 153 Å². The Morgan fingerprint density at radius 3 is 2.69 bits per heavy atom. The van der Waals surface area contributed by atoms with Crippen molar-refractivity contribution in [2.45, 2.75) is 13.5 Å². The van der Waals surface area contributed by atoms with Crippen LogP contribution in [0.4, 0.5) is 9.52 Å². The van der Waals surface area contributed by atoms with Gasteiger partial charge in [0.25, 0.3) is 5.91 Å². The second-order valence-corrected chi connectivity index (χ2v) is 6.22. The summed E-state index contributed by atoms with van der Waals surface area (Å²) in [5.74, 6) is 0.533. The maximum Gasteiger partial charge on any atom is 0.257 e. The van der Waals surface area contributed by atoms with Crippen molar-refractivity contribution in [3.05, 3.63) is 64.9 Å². The molecule has 0 aliphatic rings. The minimum Gasteiger partial charge on any atom is -0.494 e. The first-order valence-corrected chi connectivity index (χ1v) is 8.70. The van der Waals surface area contributed by atoms with Crippen molar-refractivity contribution in [3.63, 3.8) is 0 Å². The van der Waals surface area contributed by atoms with Gasteiger partial charge in [-0.2, -0.15) is 0 Å². The fourth-order valence-corrected chi connectivity index (χ4v) is 2.75. The van der Waals surface area contributed by atoms with E-state index >= 15 is 0 Å². The van der Waals surface area contributed by atoms with Gasteiger partial charge >= 0.3 is 0 Å². The second-order valence-electron chi connectivity index (χ2n) is 5.16. The molecule has 0 saturated carbocycles. The zero-order valence-electron chi connectivity index (χ0n) is 13.9. The molecule has 0 bridgehead atoms. The number of rotatable bonds is 7. The topological polar surface area (TPSA) is 73.3 Å². The smallest absolute Gasteiger partial charge is 0.257 e. The molecule has 1 aromatic heterocycles. The lowest BCUT2D eigenvalue weighted by molar-refractivity contribution is 0.102. The summed E-state index contributed by atoms with van der Waals surface area (Å²) in [4.78, 5) is 12.3. The van der Waals surface area contributed by atoms with E-state index in [1.54, 1.807) is 24.3 Å². The van der Waals surface area contributed by atoms with E-state index in [9.17, 15) is 9.18 Å². The van der Waals surface area contributed by atoms with Crippen LogP contribution in [0.3, 0.4) is 0 Å². The SMILES string of the molecule is CCOc1cccc(C(=O)Nc2nnc(COc3ccc(F)cc3)s2)c1. The fraction of sp³-hybridized carbons (Fsp3) is 0.167. The lowest BCUT2D eigenvalue weighted by Crippen LogP contribution is -2.11. The van der Waals surface area contributed by atoms with Gasteiger partial charge in [0.2, 0.25) is 5.13 Å². The van der Waals surface area contributed by atoms with Crippen molar-refractivity contribution in [3.8, 4) is 11.5 Å². The van der Waals surface area contributed by atoms with Gasteiger partial charge in [0.1, 0.15) is 23.9 Å². The van der Waals surface area contributed by atoms with Crippen LogP contribution in [0.15, 0.2) is 48.5 Å². The Hall–Kier alpha value is -3.00. The van der Waals surface area contributed by atoms with Gasteiger partial charge in [0, 0.05) is 5.56 Å². The molecule has 0 spiro atoms. The van der Waals surface area contributed by atoms with Crippen molar-refractivity contribution in [2.24, 2.45) is 0 Å². The molecule has 3 aromatic rings. The van der Waals surface area contributed by atoms with Crippen LogP contribution in [0.1, 0.15) is 22.3 Å². The number of hydrogen-bond acceptors (Lipinski definition) is 6. The maximum atomic E-state index is 12.9. The maximum absolute atomic E-state index is 12.9. The van der Waals surface area contributed by atoms with Crippen LogP contribution in [0.25, 0.3) is 0 Å². The average molecular weight is 373 g/mol. The second kappa shape index (κ2) is 8.39. The number of hydrogen-bond donors (Lipinski definition) is 1. The van der Waals surface area contributed by atoms with Crippen LogP contribution < -0.4 is 14.8 Å². The minimum atomic E-state index is -0.327. The molecule has 1 amide bonds. The van der Waals surface area contributed by atoms with Gasteiger partial charge in [0.15, 0.2) is 5.01 Å². The molecule has 0 fully saturated rings. The van der Waals surface area contributed by atoms with Gasteiger partial charge in [-0.15, -0.1) is 10.2 Å². The third-order valence-corrected chi connectivity index (χ3v) is 4.08. The van der Waals surface area contributed by atoms with E-state index in [1.165, 1.54) is 35.6 Å². The molecule has 2 aromatic carbocycles. The number of nitrogens with one attached hydrogen (secondary N) is 1. The summed E-state index contributed by atoms with van der Waals surface area (Å²) in [6.07, 6.45) is 0. The van der Waals surface area contributed by atoms with Crippen LogP contribution in [0.2, 0.25) is 0 Å². The highest BCUT2D eigenvalue weighted by atomic mass is 32.1. The molecule has 0 aliphatic carbocycles. The molecule has 1 N–H and O–H groups in total. The number of carbonyl (C=O) groups is 1. The summed E-state index contributed by atoms with van der Waals surface area (Å²) in [5.41, 5.74) is 0.468. The molecule has 26 heavy (non-hydrogen) atoms. The van der Waals surface area contributed by atoms with Gasteiger partial charge in [-0.1, -0.05) is 17.4 Å². The van der Waals surface area contributed by atoms with Gasteiger partial charge in [-0.25, -0.2) is 4.39 Å². The summed E-state index contributed by atoms with van der Waals surface area (Å²) >= 11 is 1.21. The Kier molecular flexibility index (Phi) is 5.75. The Morgan fingerprint density at radius 1 is 1.12 bits per heavy atom. The highest BCUT2D eigenvalue weighted by molar-refractivity contribution is 7.15. The van der Waals surface area contributed by atoms with Crippen LogP contribution in [0.5, 0.6) is 11.5 Å². The van der Waals surface area contributed by atoms with E-state index in [4.69, 9.17) is 9.47 Å². The summed E-state index contributed by atoms with van der Waals surface area (Å²) in [6, 6.07) is 12.6. The molecule has 0 atom stereocenters. The highest BCUT2D eigenvalue weighted by Gasteiger charge is 2.11. The largest absolute Gasteiger partial charge is 0.494 e. The molecular formula is C18H16FN3O3S. The molecule has 6 nitrogen and oxygen atoms in total. The van der Waals surface area contributed by atoms with Crippen LogP contribution in [-0.4, -0.2) is 22.7 Å². The van der Waals surface area contributed by atoms with E-state index in [1.807, 2.05) is 6.92 Å². The third kappa shape index (κ3) is 4.76. The highest BCUT2D eigenvalue weighted by Crippen LogP contribution is 2.20. The van der Waals surface area contributed by atoms with E-state index in [0.717, 1.165) is 0 Å². The number of ether oxygens (including phenoxy) is 2. The first-order chi connectivity index (χ1) is 12.6. The van der Waals surface area contributed by atoms with E-state index < -0.39 is 0 Å². The number of halogens is 1. The molecule has 134 valence electrons. The molecule has 3 rings (SSSR count). The Morgan fingerprint density at radius 2 is 1.92 bits per heavy atom. The molecule has 8 heteroatoms. The predicted molar refractivity (Wildman–Crippen MR) is 96.2 cm³/mol. The fourth-order valence-electron chi connectivity index (χ4n) is 2.10. The standard InChI is InChI=1S/C18H16FN3O3S/c1-2-24-15-5-3-4-12(10-15)17(23)20-18-22-21-16(26-18)11-25-14-8-6-13(19)7-9-14/h3-10H,2,11H2,1H3,(H,20,22,23). The van der Waals surface area contributed by atoms with E-state index in [0.29, 0.717) is 33.8 Å². The summed E-state index contributed by atoms with van der Waals surface area (Å²) < 4.78 is 23.8. The quantitative estimate of drug-likeness (QED) is 0.680. The van der Waals surface area contributed by atoms with Crippen molar-refractivity contribution >= 4 is 22.4 Å². The summed E-state index contributed by atoms with van der Waals surface area (Å²) in [7, 11) is 0. The molecule has 0 unspecified atom stereocenters. The first kappa shape index (κ1) is 17.8. The normalized spacial score (nSPS) is 10.4. The zero-order chi connectivity index (χ0) is 18.4. The van der Waals surface area contributed by atoms with Crippen LogP contribution in [0, 0.1) is 5.82 Å². The number of carbonyl (C=O) groups excluding carboxylic acids is 1. The van der Waals surface area contributed by atoms with E-state index in [-0.39, 0.29) is 18.3 Å². The molecular weight excluding hydrogens is 357 g/mol. The van der Waals surface area contributed by atoms with Gasteiger partial charge < -0.3 is 9.47 Å². The first-order valence-electron chi connectivity index (χ1n) is 7.89. The van der Waals surface area contributed by atoms with Crippen molar-refractivity contribution < 1.29 is 18.7 Å².